The second-order valence-corrected chi connectivity index (χ2v) is 4.32. The third-order valence-corrected chi connectivity index (χ3v) is 3.09. The van der Waals surface area contributed by atoms with Crippen LogP contribution in [0.25, 0.3) is 22.3 Å². The van der Waals surface area contributed by atoms with Crippen LogP contribution in [-0.4, -0.2) is 9.55 Å². The molecule has 3 nitrogen and oxygen atoms in total. The van der Waals surface area contributed by atoms with Crippen molar-refractivity contribution in [3.05, 3.63) is 64.7 Å². The molecule has 0 spiro atoms. The van der Waals surface area contributed by atoms with E-state index in [9.17, 15) is 9.18 Å². The van der Waals surface area contributed by atoms with Crippen LogP contribution in [0.2, 0.25) is 0 Å². The van der Waals surface area contributed by atoms with Gasteiger partial charge >= 0.3 is 0 Å². The van der Waals surface area contributed by atoms with Crippen LogP contribution >= 0.6 is 0 Å². The van der Waals surface area contributed by atoms with Crippen LogP contribution in [-0.2, 0) is 7.05 Å². The summed E-state index contributed by atoms with van der Waals surface area (Å²) < 4.78 is 14.7. The highest BCUT2D eigenvalue weighted by molar-refractivity contribution is 5.77. The van der Waals surface area contributed by atoms with Crippen molar-refractivity contribution in [2.75, 3.05) is 0 Å². The maximum atomic E-state index is 13.2. The molecule has 1 heterocycles. The number of nitrogens with zero attached hydrogens (tertiary/aromatic N) is 2. The van der Waals surface area contributed by atoms with E-state index in [4.69, 9.17) is 0 Å². The van der Waals surface area contributed by atoms with Crippen LogP contribution in [0.1, 0.15) is 0 Å². The van der Waals surface area contributed by atoms with Gasteiger partial charge in [0.15, 0.2) is 0 Å². The van der Waals surface area contributed by atoms with Crippen molar-refractivity contribution in [1.29, 1.82) is 0 Å². The van der Waals surface area contributed by atoms with Gasteiger partial charge in [0.05, 0.1) is 11.0 Å². The number of benzene rings is 2. The fourth-order valence-electron chi connectivity index (χ4n) is 2.08. The van der Waals surface area contributed by atoms with E-state index in [1.807, 2.05) is 30.3 Å². The molecule has 0 fully saturated rings. The molecule has 2 aromatic carbocycles. The van der Waals surface area contributed by atoms with Gasteiger partial charge < -0.3 is 4.57 Å². The first-order valence-corrected chi connectivity index (χ1v) is 5.88. The highest BCUT2D eigenvalue weighted by Gasteiger charge is 2.10. The fourth-order valence-corrected chi connectivity index (χ4v) is 2.08. The predicted octanol–water partition coefficient (Wildman–Crippen LogP) is 2.74. The summed E-state index contributed by atoms with van der Waals surface area (Å²) in [6.45, 7) is 0. The summed E-state index contributed by atoms with van der Waals surface area (Å²) in [7, 11) is 1.62. The topological polar surface area (TPSA) is 34.9 Å². The van der Waals surface area contributed by atoms with Crippen LogP contribution in [0.5, 0.6) is 0 Å². The SMILES string of the molecule is Cn1c(=O)c(-c2ccccc2)nc2ccc(F)cc21. The molecular weight excluding hydrogens is 243 g/mol. The molecule has 0 amide bonds. The molecule has 4 heteroatoms. The Morgan fingerprint density at radius 1 is 1.11 bits per heavy atom. The van der Waals surface area contributed by atoms with Gasteiger partial charge in [-0.3, -0.25) is 4.79 Å². The Morgan fingerprint density at radius 2 is 1.84 bits per heavy atom. The first-order chi connectivity index (χ1) is 9.16. The summed E-state index contributed by atoms with van der Waals surface area (Å²) in [6, 6.07) is 13.5. The van der Waals surface area contributed by atoms with Crippen molar-refractivity contribution in [2.45, 2.75) is 0 Å². The van der Waals surface area contributed by atoms with Gasteiger partial charge in [0.2, 0.25) is 0 Å². The van der Waals surface area contributed by atoms with Crippen LogP contribution in [0.4, 0.5) is 4.39 Å². The van der Waals surface area contributed by atoms with Crippen LogP contribution in [0, 0.1) is 5.82 Å². The van der Waals surface area contributed by atoms with E-state index in [1.54, 1.807) is 13.1 Å². The molecular formula is C15H11FN2O. The summed E-state index contributed by atoms with van der Waals surface area (Å²) in [6.07, 6.45) is 0. The zero-order valence-electron chi connectivity index (χ0n) is 10.3. The number of fused-ring (bicyclic) bond motifs is 1. The molecule has 19 heavy (non-hydrogen) atoms. The van der Waals surface area contributed by atoms with E-state index < -0.39 is 0 Å². The third-order valence-electron chi connectivity index (χ3n) is 3.09. The van der Waals surface area contributed by atoms with Gasteiger partial charge in [-0.05, 0) is 18.2 Å². The summed E-state index contributed by atoms with van der Waals surface area (Å²) in [5.41, 5.74) is 1.99. The van der Waals surface area contributed by atoms with Gasteiger partial charge in [-0.2, -0.15) is 0 Å². The molecule has 0 bridgehead atoms. The van der Waals surface area contributed by atoms with E-state index in [2.05, 4.69) is 4.98 Å². The van der Waals surface area contributed by atoms with E-state index in [0.29, 0.717) is 16.7 Å². The number of hydrogen-bond donors (Lipinski definition) is 0. The van der Waals surface area contributed by atoms with Crippen LogP contribution in [0.15, 0.2) is 53.3 Å². The monoisotopic (exact) mass is 254 g/mol. The Kier molecular flexibility index (Phi) is 2.63. The standard InChI is InChI=1S/C15H11FN2O/c1-18-13-9-11(16)7-8-12(13)17-14(15(18)19)10-5-3-2-4-6-10/h2-9H,1H3. The molecule has 0 aliphatic heterocycles. The lowest BCUT2D eigenvalue weighted by Gasteiger charge is -2.08. The highest BCUT2D eigenvalue weighted by Crippen LogP contribution is 2.17. The summed E-state index contributed by atoms with van der Waals surface area (Å²) in [5, 5.41) is 0. The van der Waals surface area contributed by atoms with E-state index in [-0.39, 0.29) is 11.4 Å². The molecule has 0 unspecified atom stereocenters. The van der Waals surface area contributed by atoms with Gasteiger partial charge in [-0.25, -0.2) is 9.37 Å². The van der Waals surface area contributed by atoms with Crippen molar-refractivity contribution >= 4 is 11.0 Å². The fraction of sp³-hybridized carbons (Fsp3) is 0.0667. The minimum atomic E-state index is -0.378. The van der Waals surface area contributed by atoms with Gasteiger partial charge in [0, 0.05) is 12.6 Å². The predicted molar refractivity (Wildman–Crippen MR) is 72.4 cm³/mol. The van der Waals surface area contributed by atoms with Crippen molar-refractivity contribution in [3.8, 4) is 11.3 Å². The second kappa shape index (κ2) is 4.31. The van der Waals surface area contributed by atoms with Crippen molar-refractivity contribution < 1.29 is 4.39 Å². The molecule has 0 aliphatic rings. The Morgan fingerprint density at radius 3 is 2.58 bits per heavy atom. The summed E-state index contributed by atoms with van der Waals surface area (Å²) >= 11 is 0. The van der Waals surface area contributed by atoms with Gasteiger partial charge in [0.25, 0.3) is 5.56 Å². The van der Waals surface area contributed by atoms with Gasteiger partial charge in [0.1, 0.15) is 11.5 Å². The van der Waals surface area contributed by atoms with Gasteiger partial charge in [-0.15, -0.1) is 0 Å². The number of halogens is 1. The second-order valence-electron chi connectivity index (χ2n) is 4.32. The molecule has 1 aromatic heterocycles. The minimum absolute atomic E-state index is 0.232. The number of hydrogen-bond acceptors (Lipinski definition) is 2. The number of rotatable bonds is 1. The molecule has 0 saturated carbocycles. The molecule has 3 aromatic rings. The van der Waals surface area contributed by atoms with E-state index in [0.717, 1.165) is 5.56 Å². The largest absolute Gasteiger partial charge is 0.308 e. The Balaban J connectivity index is 2.37. The average Bonchev–Trinajstić information content (AvgIpc) is 2.44. The molecule has 0 aliphatic carbocycles. The zero-order valence-corrected chi connectivity index (χ0v) is 10.3. The number of aromatic nitrogens is 2. The maximum Gasteiger partial charge on any atom is 0.277 e. The van der Waals surface area contributed by atoms with Crippen molar-refractivity contribution in [1.82, 2.24) is 9.55 Å². The van der Waals surface area contributed by atoms with Crippen LogP contribution < -0.4 is 5.56 Å². The molecule has 0 saturated heterocycles. The van der Waals surface area contributed by atoms with Crippen molar-refractivity contribution in [3.63, 3.8) is 0 Å². The van der Waals surface area contributed by atoms with E-state index >= 15 is 0 Å². The van der Waals surface area contributed by atoms with Crippen LogP contribution in [0.3, 0.4) is 0 Å². The Labute approximate surface area is 109 Å². The maximum absolute atomic E-state index is 13.2. The molecule has 94 valence electrons. The molecule has 0 N–H and O–H groups in total. The first-order valence-electron chi connectivity index (χ1n) is 5.88. The van der Waals surface area contributed by atoms with Gasteiger partial charge in [-0.1, -0.05) is 30.3 Å². The van der Waals surface area contributed by atoms with Crippen molar-refractivity contribution in [2.24, 2.45) is 7.05 Å². The van der Waals surface area contributed by atoms with E-state index in [1.165, 1.54) is 16.7 Å². The normalized spacial score (nSPS) is 10.8. The smallest absolute Gasteiger partial charge is 0.277 e. The lowest BCUT2D eigenvalue weighted by atomic mass is 10.1. The minimum Gasteiger partial charge on any atom is -0.308 e. The average molecular weight is 254 g/mol. The third kappa shape index (κ3) is 1.91. The molecule has 0 atom stereocenters. The Bertz CT molecular complexity index is 809. The summed E-state index contributed by atoms with van der Waals surface area (Å²) in [5.74, 6) is -0.378. The lowest BCUT2D eigenvalue weighted by Crippen LogP contribution is -2.20. The highest BCUT2D eigenvalue weighted by atomic mass is 19.1. The molecule has 0 radical (unpaired) electrons. The number of aryl methyl sites for hydroxylation is 1. The zero-order chi connectivity index (χ0) is 13.4. The quantitative estimate of drug-likeness (QED) is 0.669. The lowest BCUT2D eigenvalue weighted by molar-refractivity contribution is 0.628. The summed E-state index contributed by atoms with van der Waals surface area (Å²) in [4.78, 5) is 16.6. The Hall–Kier alpha value is -2.49. The molecule has 3 rings (SSSR count). The first kappa shape index (κ1) is 11.6.